The molecule has 1 aliphatic heterocycles. The van der Waals surface area contributed by atoms with Gasteiger partial charge in [-0.3, -0.25) is 0 Å². The number of sulfonamides is 1. The molecule has 0 radical (unpaired) electrons. The number of aromatic nitrogens is 4. The van der Waals surface area contributed by atoms with E-state index >= 15 is 0 Å². The summed E-state index contributed by atoms with van der Waals surface area (Å²) >= 11 is 0. The molecule has 0 aliphatic carbocycles. The summed E-state index contributed by atoms with van der Waals surface area (Å²) in [5.41, 5.74) is 0.639. The highest BCUT2D eigenvalue weighted by Crippen LogP contribution is 2.15. The van der Waals surface area contributed by atoms with Gasteiger partial charge in [0.2, 0.25) is 5.95 Å². The molecule has 0 spiro atoms. The Kier molecular flexibility index (Phi) is 4.58. The highest BCUT2D eigenvalue weighted by molar-refractivity contribution is 7.89. The van der Waals surface area contributed by atoms with Gasteiger partial charge in [-0.1, -0.05) is 0 Å². The average Bonchev–Trinajstić information content (AvgIpc) is 3.02. The Morgan fingerprint density at radius 2 is 2.00 bits per heavy atom. The molecular formula is C14H20N6O2S. The summed E-state index contributed by atoms with van der Waals surface area (Å²) in [6.45, 7) is 2.01. The summed E-state index contributed by atoms with van der Waals surface area (Å²) in [4.78, 5) is 14.8. The quantitative estimate of drug-likeness (QED) is 0.863. The number of nitrogens with one attached hydrogen (secondary N) is 1. The lowest BCUT2D eigenvalue weighted by molar-refractivity contribution is 0.565. The molecule has 2 aromatic rings. The molecule has 0 bridgehead atoms. The van der Waals surface area contributed by atoms with Crippen LogP contribution in [0, 0.1) is 0 Å². The zero-order valence-corrected chi connectivity index (χ0v) is 13.8. The molecule has 1 fully saturated rings. The Hall–Kier alpha value is -2.00. The van der Waals surface area contributed by atoms with Crippen molar-refractivity contribution in [3.63, 3.8) is 0 Å². The predicted octanol–water partition coefficient (Wildman–Crippen LogP) is 0.679. The van der Waals surface area contributed by atoms with Crippen LogP contribution in [0.5, 0.6) is 0 Å². The third-order valence-electron chi connectivity index (χ3n) is 3.74. The lowest BCUT2D eigenvalue weighted by Crippen LogP contribution is -2.31. The van der Waals surface area contributed by atoms with E-state index in [0.29, 0.717) is 11.6 Å². The summed E-state index contributed by atoms with van der Waals surface area (Å²) in [5.74, 6) is 0.666. The van der Waals surface area contributed by atoms with Gasteiger partial charge in [0.15, 0.2) is 5.03 Å². The minimum Gasteiger partial charge on any atom is -0.341 e. The molecule has 124 valence electrons. The molecule has 9 heteroatoms. The van der Waals surface area contributed by atoms with Crippen LogP contribution in [0.15, 0.2) is 29.8 Å². The number of aryl methyl sites for hydroxylation is 1. The molecule has 3 heterocycles. The normalized spacial score (nSPS) is 15.8. The summed E-state index contributed by atoms with van der Waals surface area (Å²) in [7, 11) is -1.91. The average molecular weight is 336 g/mol. The van der Waals surface area contributed by atoms with Crippen LogP contribution in [0.1, 0.15) is 25.0 Å². The summed E-state index contributed by atoms with van der Waals surface area (Å²) in [6.07, 6.45) is 8.09. The minimum atomic E-state index is -3.63. The van der Waals surface area contributed by atoms with Crippen LogP contribution >= 0.6 is 0 Å². The van der Waals surface area contributed by atoms with Crippen molar-refractivity contribution in [2.24, 2.45) is 7.05 Å². The predicted molar refractivity (Wildman–Crippen MR) is 85.3 cm³/mol. The SMILES string of the molecule is Cn1cnc(S(=O)(=O)NCc2ccnc(N3CCCCC3)n2)c1. The zero-order valence-electron chi connectivity index (χ0n) is 13.0. The standard InChI is InChI=1S/C14H20N6O2S/c1-19-10-13(16-11-19)23(21,22)17-9-12-5-6-15-14(18-12)20-7-3-2-4-8-20/h5-6,10-11,17H,2-4,7-9H2,1H3. The van der Waals surface area contributed by atoms with Crippen molar-refractivity contribution in [1.29, 1.82) is 0 Å². The molecule has 3 rings (SSSR count). The van der Waals surface area contributed by atoms with Gasteiger partial charge in [0.1, 0.15) is 0 Å². The minimum absolute atomic E-state index is 0.00492. The molecule has 0 amide bonds. The van der Waals surface area contributed by atoms with E-state index in [0.717, 1.165) is 25.9 Å². The topological polar surface area (TPSA) is 93.0 Å². The van der Waals surface area contributed by atoms with Crippen molar-refractivity contribution in [3.8, 4) is 0 Å². The number of piperidine rings is 1. The van der Waals surface area contributed by atoms with Gasteiger partial charge in [0.25, 0.3) is 10.0 Å². The maximum atomic E-state index is 12.2. The van der Waals surface area contributed by atoms with E-state index in [-0.39, 0.29) is 11.6 Å². The molecule has 0 aromatic carbocycles. The molecule has 23 heavy (non-hydrogen) atoms. The van der Waals surface area contributed by atoms with Gasteiger partial charge in [0.05, 0.1) is 18.6 Å². The molecule has 0 atom stereocenters. The van der Waals surface area contributed by atoms with Gasteiger partial charge >= 0.3 is 0 Å². The Labute approximate surface area is 135 Å². The van der Waals surface area contributed by atoms with Gasteiger partial charge < -0.3 is 9.47 Å². The maximum absolute atomic E-state index is 12.2. The van der Waals surface area contributed by atoms with Crippen LogP contribution in [-0.2, 0) is 23.6 Å². The number of rotatable bonds is 5. The van der Waals surface area contributed by atoms with Crippen LogP contribution in [0.4, 0.5) is 5.95 Å². The third-order valence-corrected chi connectivity index (χ3v) is 5.03. The van der Waals surface area contributed by atoms with E-state index in [1.165, 1.54) is 18.9 Å². The van der Waals surface area contributed by atoms with Gasteiger partial charge in [-0.05, 0) is 25.3 Å². The van der Waals surface area contributed by atoms with Crippen LogP contribution in [0.25, 0.3) is 0 Å². The van der Waals surface area contributed by atoms with Crippen molar-refractivity contribution >= 4 is 16.0 Å². The Bertz CT molecular complexity index is 767. The first-order valence-electron chi connectivity index (χ1n) is 7.59. The van der Waals surface area contributed by atoms with E-state index in [4.69, 9.17) is 0 Å². The first-order valence-corrected chi connectivity index (χ1v) is 9.07. The van der Waals surface area contributed by atoms with Gasteiger partial charge in [-0.25, -0.2) is 28.1 Å². The van der Waals surface area contributed by atoms with Crippen molar-refractivity contribution in [3.05, 3.63) is 30.5 Å². The smallest absolute Gasteiger partial charge is 0.259 e. The van der Waals surface area contributed by atoms with E-state index in [1.807, 2.05) is 0 Å². The Morgan fingerprint density at radius 1 is 1.22 bits per heavy atom. The molecule has 1 saturated heterocycles. The van der Waals surface area contributed by atoms with Crippen molar-refractivity contribution < 1.29 is 8.42 Å². The Morgan fingerprint density at radius 3 is 2.70 bits per heavy atom. The van der Waals surface area contributed by atoms with Crippen molar-refractivity contribution in [2.75, 3.05) is 18.0 Å². The second-order valence-electron chi connectivity index (χ2n) is 5.60. The lowest BCUT2D eigenvalue weighted by atomic mass is 10.1. The van der Waals surface area contributed by atoms with Crippen molar-refractivity contribution in [2.45, 2.75) is 30.8 Å². The van der Waals surface area contributed by atoms with Gasteiger partial charge in [0, 0.05) is 32.5 Å². The number of hydrogen-bond donors (Lipinski definition) is 1. The molecule has 1 aliphatic rings. The summed E-state index contributed by atoms with van der Waals surface area (Å²) in [6, 6.07) is 1.72. The monoisotopic (exact) mass is 336 g/mol. The highest BCUT2D eigenvalue weighted by atomic mass is 32.2. The van der Waals surface area contributed by atoms with E-state index in [1.54, 1.807) is 23.9 Å². The van der Waals surface area contributed by atoms with Crippen molar-refractivity contribution in [1.82, 2.24) is 24.2 Å². The van der Waals surface area contributed by atoms with E-state index in [2.05, 4.69) is 24.6 Å². The molecule has 2 aromatic heterocycles. The third kappa shape index (κ3) is 3.85. The fraction of sp³-hybridized carbons (Fsp3) is 0.500. The molecule has 8 nitrogen and oxygen atoms in total. The zero-order chi connectivity index (χ0) is 16.3. The lowest BCUT2D eigenvalue weighted by Gasteiger charge is -2.26. The van der Waals surface area contributed by atoms with Crippen LogP contribution in [0.3, 0.4) is 0 Å². The number of nitrogens with zero attached hydrogens (tertiary/aromatic N) is 5. The van der Waals surface area contributed by atoms with E-state index < -0.39 is 10.0 Å². The van der Waals surface area contributed by atoms with Gasteiger partial charge in [-0.2, -0.15) is 0 Å². The number of hydrogen-bond acceptors (Lipinski definition) is 6. The molecular weight excluding hydrogens is 316 g/mol. The molecule has 1 N–H and O–H groups in total. The largest absolute Gasteiger partial charge is 0.341 e. The highest BCUT2D eigenvalue weighted by Gasteiger charge is 2.18. The summed E-state index contributed by atoms with van der Waals surface area (Å²) in [5, 5.41) is 0.00492. The first-order chi connectivity index (χ1) is 11.0. The van der Waals surface area contributed by atoms with Gasteiger partial charge in [-0.15, -0.1) is 0 Å². The van der Waals surface area contributed by atoms with E-state index in [9.17, 15) is 8.42 Å². The second kappa shape index (κ2) is 6.63. The molecule has 0 saturated carbocycles. The Balaban J connectivity index is 1.68. The maximum Gasteiger partial charge on any atom is 0.259 e. The van der Waals surface area contributed by atoms with Crippen LogP contribution < -0.4 is 9.62 Å². The second-order valence-corrected chi connectivity index (χ2v) is 7.31. The fourth-order valence-corrected chi connectivity index (χ4v) is 3.48. The number of imidazole rings is 1. The summed E-state index contributed by atoms with van der Waals surface area (Å²) < 4.78 is 28.4. The fourth-order valence-electron chi connectivity index (χ4n) is 2.50. The van der Waals surface area contributed by atoms with Crippen LogP contribution in [0.2, 0.25) is 0 Å². The number of anilines is 1. The molecule has 0 unspecified atom stereocenters. The van der Waals surface area contributed by atoms with Crippen LogP contribution in [-0.4, -0.2) is 41.0 Å². The first kappa shape index (κ1) is 15.9.